The van der Waals surface area contributed by atoms with Gasteiger partial charge in [-0.15, -0.1) is 0 Å². The second-order valence-corrected chi connectivity index (χ2v) is 3.12. The summed E-state index contributed by atoms with van der Waals surface area (Å²) >= 11 is 0. The molecule has 0 saturated heterocycles. The molecule has 0 aliphatic carbocycles. The van der Waals surface area contributed by atoms with Crippen LogP contribution in [-0.4, -0.2) is 24.0 Å². The highest BCUT2D eigenvalue weighted by Gasteiger charge is 2.11. The number of ether oxygens (including phenoxy) is 1. The maximum absolute atomic E-state index is 8.60. The number of benzene rings is 1. The second kappa shape index (κ2) is 6.32. The Morgan fingerprint density at radius 2 is 2.00 bits per heavy atom. The van der Waals surface area contributed by atoms with E-state index >= 15 is 0 Å². The topological polar surface area (TPSA) is 58.9 Å². The van der Waals surface area contributed by atoms with Crippen molar-refractivity contribution in [2.24, 2.45) is 0 Å². The fourth-order valence-electron chi connectivity index (χ4n) is 1.09. The maximum atomic E-state index is 8.60. The summed E-state index contributed by atoms with van der Waals surface area (Å²) in [5.41, 5.74) is 0. The Hall–Kier alpha value is -1.20. The molecule has 15 heavy (non-hydrogen) atoms. The zero-order valence-electron chi connectivity index (χ0n) is 8.72. The fourth-order valence-corrected chi connectivity index (χ4v) is 1.09. The molecular formula is C10H15BO4. The van der Waals surface area contributed by atoms with Crippen molar-refractivity contribution in [1.82, 2.24) is 0 Å². The number of hydrogen-bond donors (Lipinski definition) is 2. The van der Waals surface area contributed by atoms with Gasteiger partial charge in [-0.1, -0.05) is 19.4 Å². The summed E-state index contributed by atoms with van der Waals surface area (Å²) in [5, 5.41) is 17.2. The largest absolute Gasteiger partial charge is 0.707 e. The highest BCUT2D eigenvalue weighted by Crippen LogP contribution is 2.19. The van der Waals surface area contributed by atoms with Crippen LogP contribution in [-0.2, 0) is 0 Å². The molecule has 1 aromatic rings. The molecule has 1 aromatic carbocycles. The number of unbranched alkanes of at least 4 members (excludes halogenated alkanes) is 1. The van der Waals surface area contributed by atoms with Crippen LogP contribution < -0.4 is 9.39 Å². The van der Waals surface area contributed by atoms with Gasteiger partial charge >= 0.3 is 7.32 Å². The van der Waals surface area contributed by atoms with Crippen molar-refractivity contribution < 1.29 is 19.4 Å². The number of hydrogen-bond acceptors (Lipinski definition) is 4. The molecule has 0 unspecified atom stereocenters. The molecule has 0 fully saturated rings. The van der Waals surface area contributed by atoms with Crippen LogP contribution in [0, 0.1) is 0 Å². The Balaban J connectivity index is 2.50. The van der Waals surface area contributed by atoms with Gasteiger partial charge in [-0.2, -0.15) is 0 Å². The van der Waals surface area contributed by atoms with Crippen LogP contribution in [0.4, 0.5) is 0 Å². The Bertz CT molecular complexity index is 291. The molecule has 1 rings (SSSR count). The van der Waals surface area contributed by atoms with Crippen LogP contribution in [0.2, 0.25) is 0 Å². The first-order valence-electron chi connectivity index (χ1n) is 4.98. The molecule has 0 saturated carbocycles. The SMILES string of the molecule is CCCCOc1cccc(OB(O)O)c1. The van der Waals surface area contributed by atoms with E-state index in [0.717, 1.165) is 12.8 Å². The molecule has 0 bridgehead atoms. The minimum absolute atomic E-state index is 0.374. The average molecular weight is 210 g/mol. The van der Waals surface area contributed by atoms with Crippen LogP contribution in [0.1, 0.15) is 19.8 Å². The van der Waals surface area contributed by atoms with Gasteiger partial charge in [0.1, 0.15) is 11.5 Å². The van der Waals surface area contributed by atoms with Crippen LogP contribution in [0.3, 0.4) is 0 Å². The first-order chi connectivity index (χ1) is 7.22. The molecule has 0 aliphatic rings. The molecule has 0 amide bonds. The zero-order chi connectivity index (χ0) is 11.1. The van der Waals surface area contributed by atoms with Gasteiger partial charge in [-0.05, 0) is 18.6 Å². The predicted molar refractivity (Wildman–Crippen MR) is 57.7 cm³/mol. The minimum atomic E-state index is -1.80. The molecule has 2 N–H and O–H groups in total. The van der Waals surface area contributed by atoms with Crippen molar-refractivity contribution in [1.29, 1.82) is 0 Å². The highest BCUT2D eigenvalue weighted by molar-refractivity contribution is 6.33. The van der Waals surface area contributed by atoms with Crippen LogP contribution in [0.5, 0.6) is 11.5 Å². The molecular weight excluding hydrogens is 195 g/mol. The third kappa shape index (κ3) is 4.72. The summed E-state index contributed by atoms with van der Waals surface area (Å²) in [7, 11) is -1.80. The van der Waals surface area contributed by atoms with Crippen molar-refractivity contribution >= 4 is 7.32 Å². The Kier molecular flexibility index (Phi) is 5.00. The van der Waals surface area contributed by atoms with E-state index in [0.29, 0.717) is 18.1 Å². The molecule has 0 radical (unpaired) electrons. The first kappa shape index (κ1) is 11.9. The van der Waals surface area contributed by atoms with E-state index in [1.807, 2.05) is 0 Å². The van der Waals surface area contributed by atoms with Gasteiger partial charge in [0.2, 0.25) is 0 Å². The van der Waals surface area contributed by atoms with Crippen molar-refractivity contribution in [2.75, 3.05) is 6.61 Å². The van der Waals surface area contributed by atoms with Gasteiger partial charge in [-0.25, -0.2) is 0 Å². The average Bonchev–Trinajstić information content (AvgIpc) is 2.18. The Morgan fingerprint density at radius 1 is 1.27 bits per heavy atom. The molecule has 0 aliphatic heterocycles. The van der Waals surface area contributed by atoms with E-state index in [1.165, 1.54) is 0 Å². The van der Waals surface area contributed by atoms with E-state index in [4.69, 9.17) is 19.4 Å². The molecule has 0 atom stereocenters. The fraction of sp³-hybridized carbons (Fsp3) is 0.400. The van der Waals surface area contributed by atoms with Crippen molar-refractivity contribution in [3.63, 3.8) is 0 Å². The zero-order valence-corrected chi connectivity index (χ0v) is 8.72. The first-order valence-corrected chi connectivity index (χ1v) is 4.98. The second-order valence-electron chi connectivity index (χ2n) is 3.12. The normalized spacial score (nSPS) is 9.80. The summed E-state index contributed by atoms with van der Waals surface area (Å²) in [6.07, 6.45) is 2.07. The summed E-state index contributed by atoms with van der Waals surface area (Å²) in [6, 6.07) is 6.78. The van der Waals surface area contributed by atoms with Crippen molar-refractivity contribution in [2.45, 2.75) is 19.8 Å². The van der Waals surface area contributed by atoms with E-state index in [9.17, 15) is 0 Å². The molecule has 5 heteroatoms. The minimum Gasteiger partial charge on any atom is -0.512 e. The van der Waals surface area contributed by atoms with Crippen molar-refractivity contribution in [3.05, 3.63) is 24.3 Å². The lowest BCUT2D eigenvalue weighted by molar-refractivity contribution is 0.284. The van der Waals surface area contributed by atoms with E-state index in [1.54, 1.807) is 24.3 Å². The van der Waals surface area contributed by atoms with Crippen LogP contribution >= 0.6 is 0 Å². The van der Waals surface area contributed by atoms with Crippen LogP contribution in [0.25, 0.3) is 0 Å². The lowest BCUT2D eigenvalue weighted by Gasteiger charge is -2.08. The molecule has 82 valence electrons. The lowest BCUT2D eigenvalue weighted by Crippen LogP contribution is -2.20. The third-order valence-electron chi connectivity index (χ3n) is 1.81. The third-order valence-corrected chi connectivity index (χ3v) is 1.81. The van der Waals surface area contributed by atoms with Crippen molar-refractivity contribution in [3.8, 4) is 11.5 Å². The van der Waals surface area contributed by atoms with Gasteiger partial charge < -0.3 is 19.4 Å². The molecule has 0 spiro atoms. The quantitative estimate of drug-likeness (QED) is 0.547. The predicted octanol–water partition coefficient (Wildman–Crippen LogP) is 1.21. The van der Waals surface area contributed by atoms with Gasteiger partial charge in [-0.3, -0.25) is 0 Å². The maximum Gasteiger partial charge on any atom is 0.707 e. The van der Waals surface area contributed by atoms with E-state index in [-0.39, 0.29) is 0 Å². The summed E-state index contributed by atoms with van der Waals surface area (Å²) in [5.74, 6) is 1.04. The van der Waals surface area contributed by atoms with Gasteiger partial charge in [0, 0.05) is 6.07 Å². The van der Waals surface area contributed by atoms with Crippen LogP contribution in [0.15, 0.2) is 24.3 Å². The Morgan fingerprint density at radius 3 is 2.67 bits per heavy atom. The monoisotopic (exact) mass is 210 g/mol. The summed E-state index contributed by atoms with van der Waals surface area (Å²) in [4.78, 5) is 0. The van der Waals surface area contributed by atoms with E-state index < -0.39 is 7.32 Å². The molecule has 0 heterocycles. The highest BCUT2D eigenvalue weighted by atomic mass is 16.6. The van der Waals surface area contributed by atoms with Gasteiger partial charge in [0.05, 0.1) is 6.61 Å². The van der Waals surface area contributed by atoms with Gasteiger partial charge in [0.15, 0.2) is 0 Å². The standard InChI is InChI=1S/C10H15BO4/c1-2-3-7-14-9-5-4-6-10(8-9)15-11(12)13/h4-6,8,12-13H,2-3,7H2,1H3. The lowest BCUT2D eigenvalue weighted by atomic mass is 10.2. The molecule has 0 aromatic heterocycles. The molecule has 4 nitrogen and oxygen atoms in total. The Labute approximate surface area is 89.6 Å². The number of rotatable bonds is 6. The smallest absolute Gasteiger partial charge is 0.512 e. The summed E-state index contributed by atoms with van der Waals surface area (Å²) < 4.78 is 10.1. The van der Waals surface area contributed by atoms with E-state index in [2.05, 4.69) is 6.92 Å². The summed E-state index contributed by atoms with van der Waals surface area (Å²) in [6.45, 7) is 2.74. The van der Waals surface area contributed by atoms with Gasteiger partial charge in [0.25, 0.3) is 0 Å².